The molecule has 1 saturated heterocycles. The Balaban J connectivity index is 2.07. The summed E-state index contributed by atoms with van der Waals surface area (Å²) in [4.78, 5) is 27.3. The molecule has 1 amide bonds. The van der Waals surface area contributed by atoms with Gasteiger partial charge in [0.15, 0.2) is 11.5 Å². The first-order chi connectivity index (χ1) is 16.3. The third-order valence-electron chi connectivity index (χ3n) is 5.39. The second kappa shape index (κ2) is 11.1. The van der Waals surface area contributed by atoms with Crippen LogP contribution in [0.15, 0.2) is 48.0 Å². The number of phenolic OH excluding ortho intramolecular Hbond substituents is 1. The predicted molar refractivity (Wildman–Crippen MR) is 127 cm³/mol. The molecule has 34 heavy (non-hydrogen) atoms. The Morgan fingerprint density at radius 1 is 1.09 bits per heavy atom. The lowest BCUT2D eigenvalue weighted by Gasteiger charge is -2.25. The number of benzene rings is 2. The Morgan fingerprint density at radius 2 is 1.79 bits per heavy atom. The van der Waals surface area contributed by atoms with Crippen LogP contribution in [0, 0.1) is 5.92 Å². The molecule has 182 valence electrons. The van der Waals surface area contributed by atoms with Gasteiger partial charge in [-0.15, -0.1) is 0 Å². The van der Waals surface area contributed by atoms with Gasteiger partial charge in [-0.05, 0) is 54.8 Å². The van der Waals surface area contributed by atoms with Crippen molar-refractivity contribution in [1.82, 2.24) is 4.90 Å². The van der Waals surface area contributed by atoms with Crippen molar-refractivity contribution in [3.05, 3.63) is 59.2 Å². The van der Waals surface area contributed by atoms with Gasteiger partial charge in [0.2, 0.25) is 0 Å². The van der Waals surface area contributed by atoms with Crippen LogP contribution >= 0.6 is 0 Å². The van der Waals surface area contributed by atoms with Gasteiger partial charge in [0.25, 0.3) is 11.7 Å². The number of aromatic hydroxyl groups is 1. The molecular formula is C26H31NO7. The molecule has 0 unspecified atom stereocenters. The van der Waals surface area contributed by atoms with Gasteiger partial charge in [-0.3, -0.25) is 9.59 Å². The highest BCUT2D eigenvalue weighted by Crippen LogP contribution is 2.41. The lowest BCUT2D eigenvalue weighted by Crippen LogP contribution is -2.32. The lowest BCUT2D eigenvalue weighted by molar-refractivity contribution is -0.140. The Kier molecular flexibility index (Phi) is 8.17. The summed E-state index contributed by atoms with van der Waals surface area (Å²) in [7, 11) is 1.50. The van der Waals surface area contributed by atoms with Gasteiger partial charge < -0.3 is 29.3 Å². The Morgan fingerprint density at radius 3 is 2.41 bits per heavy atom. The average Bonchev–Trinajstić information content (AvgIpc) is 3.07. The Labute approximate surface area is 199 Å². The molecule has 0 saturated carbocycles. The first-order valence-electron chi connectivity index (χ1n) is 11.2. The van der Waals surface area contributed by atoms with E-state index in [-0.39, 0.29) is 36.0 Å². The zero-order valence-electron chi connectivity index (χ0n) is 19.9. The number of nitrogens with zero attached hydrogens (tertiary/aromatic N) is 1. The van der Waals surface area contributed by atoms with E-state index < -0.39 is 17.7 Å². The number of aliphatic hydroxyl groups excluding tert-OH is 1. The van der Waals surface area contributed by atoms with Gasteiger partial charge in [-0.1, -0.05) is 19.9 Å². The first-order valence-corrected chi connectivity index (χ1v) is 11.2. The van der Waals surface area contributed by atoms with Crippen LogP contribution in [0.2, 0.25) is 0 Å². The SMILES string of the molecule is CCOc1cc([C@@H]2/C(=C(\O)c3ccc(OCC(C)C)cc3)C(=O)C(=O)N2CCOC)ccc1O. The quantitative estimate of drug-likeness (QED) is 0.309. The van der Waals surface area contributed by atoms with Crippen LogP contribution in [0.3, 0.4) is 0 Å². The summed E-state index contributed by atoms with van der Waals surface area (Å²) in [5, 5.41) is 21.3. The van der Waals surface area contributed by atoms with Crippen molar-refractivity contribution in [2.24, 2.45) is 5.92 Å². The summed E-state index contributed by atoms with van der Waals surface area (Å²) in [6.07, 6.45) is 0. The number of Topliss-reactive ketones (excluding diaryl/α,β-unsaturated/α-hetero) is 1. The summed E-state index contributed by atoms with van der Waals surface area (Å²) in [5.41, 5.74) is 0.871. The molecule has 1 aliphatic heterocycles. The minimum atomic E-state index is -0.869. The van der Waals surface area contributed by atoms with Crippen LogP contribution in [0.5, 0.6) is 17.2 Å². The molecule has 0 aliphatic carbocycles. The topological polar surface area (TPSA) is 106 Å². The molecule has 2 N–H and O–H groups in total. The predicted octanol–water partition coefficient (Wildman–Crippen LogP) is 3.89. The molecule has 1 heterocycles. The summed E-state index contributed by atoms with van der Waals surface area (Å²) < 4.78 is 16.3. The molecule has 2 aromatic rings. The van der Waals surface area contributed by atoms with Crippen LogP contribution < -0.4 is 9.47 Å². The van der Waals surface area contributed by atoms with Gasteiger partial charge in [0.05, 0.1) is 31.4 Å². The molecule has 8 heteroatoms. The van der Waals surface area contributed by atoms with Crippen LogP contribution in [0.25, 0.3) is 5.76 Å². The van der Waals surface area contributed by atoms with Gasteiger partial charge in [-0.2, -0.15) is 0 Å². The maximum Gasteiger partial charge on any atom is 0.295 e. The second-order valence-electron chi connectivity index (χ2n) is 8.37. The minimum Gasteiger partial charge on any atom is -0.507 e. The van der Waals surface area contributed by atoms with E-state index in [2.05, 4.69) is 0 Å². The van der Waals surface area contributed by atoms with E-state index in [1.807, 2.05) is 13.8 Å². The first kappa shape index (κ1) is 25.1. The summed E-state index contributed by atoms with van der Waals surface area (Å²) >= 11 is 0. The molecule has 1 fully saturated rings. The van der Waals surface area contributed by atoms with Crippen LogP contribution in [-0.2, 0) is 14.3 Å². The molecule has 0 aromatic heterocycles. The number of amides is 1. The van der Waals surface area contributed by atoms with E-state index in [1.165, 1.54) is 18.1 Å². The molecule has 3 rings (SSSR count). The van der Waals surface area contributed by atoms with Crippen molar-refractivity contribution in [3.8, 4) is 17.2 Å². The van der Waals surface area contributed by atoms with Crippen LogP contribution in [-0.4, -0.2) is 60.3 Å². The number of ketones is 1. The van der Waals surface area contributed by atoms with E-state index in [9.17, 15) is 19.8 Å². The van der Waals surface area contributed by atoms with Gasteiger partial charge >= 0.3 is 0 Å². The standard InChI is InChI=1S/C26H31NO7/c1-5-33-21-14-18(8-11-20(21)28)23-22(25(30)26(31)27(23)12-13-32-4)24(29)17-6-9-19(10-7-17)34-15-16(2)3/h6-11,14,16,23,28-29H,5,12-13,15H2,1-4H3/b24-22+/t23-/m1/s1. The monoisotopic (exact) mass is 469 g/mol. The highest BCUT2D eigenvalue weighted by molar-refractivity contribution is 6.46. The normalized spacial score (nSPS) is 17.4. The van der Waals surface area contributed by atoms with Crippen molar-refractivity contribution in [1.29, 1.82) is 0 Å². The van der Waals surface area contributed by atoms with Crippen LogP contribution in [0.4, 0.5) is 0 Å². The second-order valence-corrected chi connectivity index (χ2v) is 8.37. The average molecular weight is 470 g/mol. The van der Waals surface area contributed by atoms with Crippen molar-refractivity contribution in [3.63, 3.8) is 0 Å². The van der Waals surface area contributed by atoms with E-state index in [0.717, 1.165) is 0 Å². The van der Waals surface area contributed by atoms with Gasteiger partial charge in [0, 0.05) is 19.2 Å². The highest BCUT2D eigenvalue weighted by atomic mass is 16.5. The van der Waals surface area contributed by atoms with Crippen molar-refractivity contribution >= 4 is 17.4 Å². The molecule has 0 spiro atoms. The smallest absolute Gasteiger partial charge is 0.295 e. The van der Waals surface area contributed by atoms with E-state index in [1.54, 1.807) is 43.3 Å². The van der Waals surface area contributed by atoms with Crippen LogP contribution in [0.1, 0.15) is 37.9 Å². The lowest BCUT2D eigenvalue weighted by atomic mass is 9.95. The highest BCUT2D eigenvalue weighted by Gasteiger charge is 2.46. The molecule has 0 radical (unpaired) electrons. The molecule has 0 bridgehead atoms. The van der Waals surface area contributed by atoms with Crippen molar-refractivity contribution < 1.29 is 34.0 Å². The van der Waals surface area contributed by atoms with Crippen molar-refractivity contribution in [2.45, 2.75) is 26.8 Å². The molecule has 2 aromatic carbocycles. The Hall–Kier alpha value is -3.52. The maximum absolute atomic E-state index is 13.0. The maximum atomic E-state index is 13.0. The number of likely N-dealkylation sites (tertiary alicyclic amines) is 1. The summed E-state index contributed by atoms with van der Waals surface area (Å²) in [5.74, 6) is -0.633. The number of aliphatic hydroxyl groups is 1. The number of ether oxygens (including phenoxy) is 3. The third kappa shape index (κ3) is 5.34. The molecule has 1 atom stereocenters. The number of hydrogen-bond donors (Lipinski definition) is 2. The fraction of sp³-hybridized carbons (Fsp3) is 0.385. The third-order valence-corrected chi connectivity index (χ3v) is 5.39. The summed E-state index contributed by atoms with van der Waals surface area (Å²) in [6.45, 7) is 7.11. The molecular weight excluding hydrogens is 438 g/mol. The number of phenols is 1. The van der Waals surface area contributed by atoms with E-state index in [4.69, 9.17) is 14.2 Å². The zero-order chi connectivity index (χ0) is 24.8. The number of carbonyl (C=O) groups is 2. The van der Waals surface area contributed by atoms with E-state index in [0.29, 0.717) is 36.0 Å². The number of methoxy groups -OCH3 is 1. The molecule has 8 nitrogen and oxygen atoms in total. The fourth-order valence-corrected chi connectivity index (χ4v) is 3.75. The van der Waals surface area contributed by atoms with E-state index >= 15 is 0 Å². The number of rotatable bonds is 10. The fourth-order valence-electron chi connectivity index (χ4n) is 3.75. The number of hydrogen-bond acceptors (Lipinski definition) is 7. The number of carbonyl (C=O) groups excluding carboxylic acids is 2. The Bertz CT molecular complexity index is 1060. The zero-order valence-corrected chi connectivity index (χ0v) is 19.9. The molecule has 1 aliphatic rings. The van der Waals surface area contributed by atoms with Gasteiger partial charge in [-0.25, -0.2) is 0 Å². The largest absolute Gasteiger partial charge is 0.507 e. The van der Waals surface area contributed by atoms with Crippen molar-refractivity contribution in [2.75, 3.05) is 33.5 Å². The van der Waals surface area contributed by atoms with Gasteiger partial charge in [0.1, 0.15) is 11.5 Å². The minimum absolute atomic E-state index is 0.0370. The summed E-state index contributed by atoms with van der Waals surface area (Å²) in [6, 6.07) is 10.5.